The number of halogens is 2. The molecule has 0 amide bonds. The fourth-order valence-electron chi connectivity index (χ4n) is 1.75. The van der Waals surface area contributed by atoms with Gasteiger partial charge < -0.3 is 9.47 Å². The standard InChI is InChI=1S/C14H12BrFO4/c1-14(2)19-12(17)10(13(18)20-14)6-8-4-3-5-9(7-15)11(8)16/h3-6H,7H2,1-2H3. The second kappa shape index (κ2) is 5.36. The maximum Gasteiger partial charge on any atom is 0.348 e. The molecule has 0 N–H and O–H groups in total. The minimum atomic E-state index is -1.30. The highest BCUT2D eigenvalue weighted by Gasteiger charge is 2.38. The average molecular weight is 343 g/mol. The molecule has 1 fully saturated rings. The molecule has 2 rings (SSSR count). The van der Waals surface area contributed by atoms with Gasteiger partial charge in [0.05, 0.1) is 0 Å². The third-order valence-corrected chi connectivity index (χ3v) is 3.27. The van der Waals surface area contributed by atoms with Gasteiger partial charge in [0, 0.05) is 24.7 Å². The van der Waals surface area contributed by atoms with Gasteiger partial charge in [0.2, 0.25) is 0 Å². The molecule has 0 aliphatic carbocycles. The number of alkyl halides is 1. The highest BCUT2D eigenvalue weighted by atomic mass is 79.9. The van der Waals surface area contributed by atoms with E-state index < -0.39 is 23.5 Å². The minimum absolute atomic E-state index is 0.130. The Morgan fingerprint density at radius 3 is 2.40 bits per heavy atom. The van der Waals surface area contributed by atoms with Crippen molar-refractivity contribution in [2.45, 2.75) is 25.0 Å². The molecule has 1 aromatic carbocycles. The lowest BCUT2D eigenvalue weighted by Gasteiger charge is -2.29. The maximum absolute atomic E-state index is 14.1. The molecule has 1 heterocycles. The predicted molar refractivity (Wildman–Crippen MR) is 73.3 cm³/mol. The Morgan fingerprint density at radius 2 is 1.85 bits per heavy atom. The first-order valence-electron chi connectivity index (χ1n) is 5.86. The summed E-state index contributed by atoms with van der Waals surface area (Å²) < 4.78 is 23.9. The van der Waals surface area contributed by atoms with Crippen LogP contribution in [0.15, 0.2) is 23.8 Å². The number of esters is 2. The van der Waals surface area contributed by atoms with E-state index >= 15 is 0 Å². The summed E-state index contributed by atoms with van der Waals surface area (Å²) in [5, 5.41) is 0.331. The number of hydrogen-bond donors (Lipinski definition) is 0. The molecule has 0 saturated carbocycles. The van der Waals surface area contributed by atoms with Gasteiger partial charge in [-0.2, -0.15) is 0 Å². The Bertz CT molecular complexity index is 585. The van der Waals surface area contributed by atoms with Gasteiger partial charge >= 0.3 is 11.9 Å². The fraction of sp³-hybridized carbons (Fsp3) is 0.286. The molecule has 1 aromatic rings. The van der Waals surface area contributed by atoms with Crippen LogP contribution in [0.5, 0.6) is 0 Å². The van der Waals surface area contributed by atoms with Crippen molar-refractivity contribution >= 4 is 33.9 Å². The maximum atomic E-state index is 14.1. The fourth-order valence-corrected chi connectivity index (χ4v) is 2.18. The van der Waals surface area contributed by atoms with Crippen LogP contribution in [-0.4, -0.2) is 17.7 Å². The second-order valence-corrected chi connectivity index (χ2v) is 5.25. The van der Waals surface area contributed by atoms with Crippen molar-refractivity contribution in [1.82, 2.24) is 0 Å². The van der Waals surface area contributed by atoms with E-state index in [-0.39, 0.29) is 11.1 Å². The first-order chi connectivity index (χ1) is 9.34. The van der Waals surface area contributed by atoms with Crippen LogP contribution in [0.25, 0.3) is 6.08 Å². The molecule has 1 saturated heterocycles. The van der Waals surface area contributed by atoms with Crippen LogP contribution in [0.3, 0.4) is 0 Å². The van der Waals surface area contributed by atoms with Gasteiger partial charge in [-0.3, -0.25) is 0 Å². The number of cyclic esters (lactones) is 2. The zero-order chi connectivity index (χ0) is 14.9. The topological polar surface area (TPSA) is 52.6 Å². The second-order valence-electron chi connectivity index (χ2n) is 4.69. The smallest absolute Gasteiger partial charge is 0.348 e. The summed E-state index contributed by atoms with van der Waals surface area (Å²) in [7, 11) is 0. The molecule has 0 atom stereocenters. The zero-order valence-electron chi connectivity index (χ0n) is 10.9. The molecule has 0 bridgehead atoms. The summed E-state index contributed by atoms with van der Waals surface area (Å²) in [6.45, 7) is 2.90. The molecule has 0 spiro atoms. The molecule has 6 heteroatoms. The summed E-state index contributed by atoms with van der Waals surface area (Å²) in [6, 6.07) is 4.71. The van der Waals surface area contributed by atoms with Gasteiger partial charge in [-0.05, 0) is 11.6 Å². The van der Waals surface area contributed by atoms with Gasteiger partial charge in [-0.15, -0.1) is 0 Å². The highest BCUT2D eigenvalue weighted by molar-refractivity contribution is 9.08. The highest BCUT2D eigenvalue weighted by Crippen LogP contribution is 2.25. The Labute approximate surface area is 123 Å². The van der Waals surface area contributed by atoms with E-state index in [1.54, 1.807) is 12.1 Å². The van der Waals surface area contributed by atoms with E-state index in [4.69, 9.17) is 9.47 Å². The molecule has 106 valence electrons. The van der Waals surface area contributed by atoms with Crippen LogP contribution < -0.4 is 0 Å². The number of ether oxygens (including phenoxy) is 2. The Morgan fingerprint density at radius 1 is 1.25 bits per heavy atom. The van der Waals surface area contributed by atoms with Crippen molar-refractivity contribution in [1.29, 1.82) is 0 Å². The van der Waals surface area contributed by atoms with Crippen LogP contribution in [0.1, 0.15) is 25.0 Å². The summed E-state index contributed by atoms with van der Waals surface area (Å²) in [4.78, 5) is 23.5. The molecule has 0 radical (unpaired) electrons. The van der Waals surface area contributed by atoms with Crippen LogP contribution >= 0.6 is 15.9 Å². The monoisotopic (exact) mass is 342 g/mol. The van der Waals surface area contributed by atoms with Gasteiger partial charge in [0.25, 0.3) is 5.79 Å². The Balaban J connectivity index is 2.41. The molecular weight excluding hydrogens is 331 g/mol. The normalized spacial score (nSPS) is 17.5. The molecule has 4 nitrogen and oxygen atoms in total. The summed E-state index contributed by atoms with van der Waals surface area (Å²) in [5.74, 6) is -3.45. The lowest BCUT2D eigenvalue weighted by atomic mass is 10.1. The van der Waals surface area contributed by atoms with Crippen molar-refractivity contribution in [3.05, 3.63) is 40.7 Å². The number of hydrogen-bond acceptors (Lipinski definition) is 4. The largest absolute Gasteiger partial charge is 0.419 e. The van der Waals surface area contributed by atoms with E-state index in [1.807, 2.05) is 0 Å². The number of carbonyl (C=O) groups is 2. The van der Waals surface area contributed by atoms with Crippen LogP contribution in [-0.2, 0) is 24.4 Å². The third kappa shape index (κ3) is 2.90. The lowest BCUT2D eigenvalue weighted by Crippen LogP contribution is -2.41. The zero-order valence-corrected chi connectivity index (χ0v) is 12.5. The van der Waals surface area contributed by atoms with Crippen molar-refractivity contribution in [2.24, 2.45) is 0 Å². The molecule has 1 aliphatic heterocycles. The molecule has 20 heavy (non-hydrogen) atoms. The van der Waals surface area contributed by atoms with E-state index in [0.717, 1.165) is 6.08 Å². The van der Waals surface area contributed by atoms with Crippen molar-refractivity contribution in [3.63, 3.8) is 0 Å². The SMILES string of the molecule is CC1(C)OC(=O)C(=Cc2cccc(CBr)c2F)C(=O)O1. The molecule has 0 unspecified atom stereocenters. The van der Waals surface area contributed by atoms with E-state index in [1.165, 1.54) is 19.9 Å². The first kappa shape index (κ1) is 14.7. The molecular formula is C14H12BrFO4. The van der Waals surface area contributed by atoms with Crippen molar-refractivity contribution < 1.29 is 23.5 Å². The Kier molecular flexibility index (Phi) is 3.94. The number of rotatable bonds is 2. The third-order valence-electron chi connectivity index (χ3n) is 2.67. The van der Waals surface area contributed by atoms with Crippen LogP contribution in [0.4, 0.5) is 4.39 Å². The van der Waals surface area contributed by atoms with Gasteiger partial charge in [0.15, 0.2) is 0 Å². The van der Waals surface area contributed by atoms with Crippen LogP contribution in [0, 0.1) is 5.82 Å². The van der Waals surface area contributed by atoms with Crippen molar-refractivity contribution in [2.75, 3.05) is 0 Å². The molecule has 0 aromatic heterocycles. The van der Waals surface area contributed by atoms with E-state index in [2.05, 4.69) is 15.9 Å². The number of benzene rings is 1. The Hall–Kier alpha value is -1.69. The van der Waals surface area contributed by atoms with Crippen LogP contribution in [0.2, 0.25) is 0 Å². The van der Waals surface area contributed by atoms with Gasteiger partial charge in [-0.25, -0.2) is 14.0 Å². The van der Waals surface area contributed by atoms with Gasteiger partial charge in [0.1, 0.15) is 11.4 Å². The first-order valence-corrected chi connectivity index (χ1v) is 6.98. The summed E-state index contributed by atoms with van der Waals surface area (Å²) >= 11 is 3.16. The lowest BCUT2D eigenvalue weighted by molar-refractivity contribution is -0.222. The number of carbonyl (C=O) groups excluding carboxylic acids is 2. The predicted octanol–water partition coefficient (Wildman–Crippen LogP) is 2.94. The molecule has 1 aliphatic rings. The van der Waals surface area contributed by atoms with E-state index in [0.29, 0.717) is 10.9 Å². The van der Waals surface area contributed by atoms with Crippen molar-refractivity contribution in [3.8, 4) is 0 Å². The average Bonchev–Trinajstić information content (AvgIpc) is 2.34. The minimum Gasteiger partial charge on any atom is -0.419 e. The van der Waals surface area contributed by atoms with Gasteiger partial charge in [-0.1, -0.05) is 34.1 Å². The quantitative estimate of drug-likeness (QED) is 0.359. The summed E-state index contributed by atoms with van der Waals surface area (Å²) in [6.07, 6.45) is 1.14. The van der Waals surface area contributed by atoms with E-state index in [9.17, 15) is 14.0 Å². The summed E-state index contributed by atoms with van der Waals surface area (Å²) in [5.41, 5.74) is 0.234.